The van der Waals surface area contributed by atoms with Crippen molar-refractivity contribution in [2.75, 3.05) is 44.7 Å². The van der Waals surface area contributed by atoms with Crippen LogP contribution in [0.4, 0.5) is 10.2 Å². The number of halogens is 2. The van der Waals surface area contributed by atoms with E-state index in [1.54, 1.807) is 6.07 Å². The first-order valence-corrected chi connectivity index (χ1v) is 16.2. The summed E-state index contributed by atoms with van der Waals surface area (Å²) in [6, 6.07) is 6.03. The first-order valence-electron chi connectivity index (χ1n) is 15.8. The minimum Gasteiger partial charge on any atom is -0.463 e. The molecular formula is C34H39ClFN7O2. The van der Waals surface area contributed by atoms with Gasteiger partial charge in [0, 0.05) is 59.5 Å². The second-order valence-corrected chi connectivity index (χ2v) is 13.5. The summed E-state index contributed by atoms with van der Waals surface area (Å²) in [5, 5.41) is 6.41. The number of benzene rings is 2. The van der Waals surface area contributed by atoms with E-state index in [1.165, 1.54) is 6.08 Å². The second kappa shape index (κ2) is 11.6. The van der Waals surface area contributed by atoms with E-state index in [0.29, 0.717) is 48.4 Å². The van der Waals surface area contributed by atoms with Crippen LogP contribution in [0.15, 0.2) is 37.1 Å². The number of amides is 1. The molecule has 4 aromatic rings. The summed E-state index contributed by atoms with van der Waals surface area (Å²) in [5.41, 5.74) is 3.00. The minimum atomic E-state index is -0.507. The predicted molar refractivity (Wildman–Crippen MR) is 176 cm³/mol. The Morgan fingerprint density at radius 2 is 1.93 bits per heavy atom. The van der Waals surface area contributed by atoms with Crippen molar-refractivity contribution < 1.29 is 13.9 Å². The van der Waals surface area contributed by atoms with Gasteiger partial charge in [0.1, 0.15) is 11.3 Å². The maximum atomic E-state index is 17.1. The lowest BCUT2D eigenvalue weighted by molar-refractivity contribution is -0.128. The number of hydrogen-bond donors (Lipinski definition) is 0. The zero-order valence-electron chi connectivity index (χ0n) is 26.3. The van der Waals surface area contributed by atoms with Crippen molar-refractivity contribution in [3.8, 4) is 17.1 Å². The number of ether oxygens (including phenoxy) is 1. The molecule has 9 nitrogen and oxygen atoms in total. The lowest BCUT2D eigenvalue weighted by Gasteiger charge is -2.44. The third-order valence-electron chi connectivity index (χ3n) is 9.61. The number of nitrogens with zero attached hydrogens (tertiary/aromatic N) is 7. The molecular weight excluding hydrogens is 593 g/mol. The molecule has 3 atom stereocenters. The topological polar surface area (TPSA) is 79.6 Å². The molecule has 3 fully saturated rings. The van der Waals surface area contributed by atoms with E-state index >= 15 is 4.39 Å². The molecule has 45 heavy (non-hydrogen) atoms. The lowest BCUT2D eigenvalue weighted by atomic mass is 9.95. The molecule has 0 radical (unpaired) electrons. The Morgan fingerprint density at radius 1 is 1.13 bits per heavy atom. The molecule has 0 unspecified atom stereocenters. The maximum Gasteiger partial charge on any atom is 0.319 e. The van der Waals surface area contributed by atoms with Crippen LogP contribution in [0.25, 0.3) is 32.9 Å². The van der Waals surface area contributed by atoms with Gasteiger partial charge in [0.2, 0.25) is 5.91 Å². The highest BCUT2D eigenvalue weighted by atomic mass is 35.5. The van der Waals surface area contributed by atoms with Crippen molar-refractivity contribution in [2.45, 2.75) is 58.2 Å². The molecule has 7 rings (SSSR count). The van der Waals surface area contributed by atoms with E-state index in [-0.39, 0.29) is 34.5 Å². The molecule has 0 N–H and O–H groups in total. The second-order valence-electron chi connectivity index (χ2n) is 13.1. The van der Waals surface area contributed by atoms with Gasteiger partial charge >= 0.3 is 6.01 Å². The summed E-state index contributed by atoms with van der Waals surface area (Å²) in [5.74, 6) is 0.278. The summed E-state index contributed by atoms with van der Waals surface area (Å²) in [6.45, 7) is 13.0. The Balaban J connectivity index is 1.38. The monoisotopic (exact) mass is 631 g/mol. The van der Waals surface area contributed by atoms with Crippen LogP contribution in [-0.4, -0.2) is 87.4 Å². The quantitative estimate of drug-likeness (QED) is 0.231. The molecule has 2 aromatic carbocycles. The number of rotatable bonds is 7. The van der Waals surface area contributed by atoms with Gasteiger partial charge < -0.3 is 19.4 Å². The van der Waals surface area contributed by atoms with Gasteiger partial charge in [-0.2, -0.15) is 15.1 Å². The summed E-state index contributed by atoms with van der Waals surface area (Å²) in [6.07, 6.45) is 6.31. The van der Waals surface area contributed by atoms with E-state index in [9.17, 15) is 4.79 Å². The minimum absolute atomic E-state index is 0.107. The van der Waals surface area contributed by atoms with Crippen molar-refractivity contribution in [1.29, 1.82) is 0 Å². The molecule has 1 saturated carbocycles. The molecule has 0 spiro atoms. The van der Waals surface area contributed by atoms with Gasteiger partial charge in [-0.3, -0.25) is 9.48 Å². The van der Waals surface area contributed by atoms with Crippen LogP contribution in [0.1, 0.15) is 44.7 Å². The van der Waals surface area contributed by atoms with E-state index in [4.69, 9.17) is 26.3 Å². The number of anilines is 1. The Kier molecular flexibility index (Phi) is 7.68. The third kappa shape index (κ3) is 5.31. The molecule has 4 heterocycles. The Bertz CT molecular complexity index is 1820. The summed E-state index contributed by atoms with van der Waals surface area (Å²) in [4.78, 5) is 28.3. The molecule has 1 amide bonds. The van der Waals surface area contributed by atoms with Gasteiger partial charge in [-0.05, 0) is 71.3 Å². The molecule has 3 aliphatic rings. The number of piperazine rings is 1. The zero-order chi connectivity index (χ0) is 31.6. The van der Waals surface area contributed by atoms with Gasteiger partial charge in [-0.25, -0.2) is 4.39 Å². The van der Waals surface area contributed by atoms with E-state index in [2.05, 4.69) is 28.5 Å². The normalized spacial score (nSPS) is 22.5. The first-order chi connectivity index (χ1) is 21.6. The average molecular weight is 632 g/mol. The van der Waals surface area contributed by atoms with Crippen molar-refractivity contribution in [3.05, 3.63) is 53.5 Å². The van der Waals surface area contributed by atoms with Crippen LogP contribution in [0, 0.1) is 18.7 Å². The summed E-state index contributed by atoms with van der Waals surface area (Å²) < 4.78 is 25.4. The van der Waals surface area contributed by atoms with Gasteiger partial charge in [-0.15, -0.1) is 0 Å². The standard InChI is InChI=1S/C34H39ClFN7O2/c1-6-27(44)41-15-21(4)42(16-20(41)3)33-25-13-26(35)29(28-19(2)7-8-23-14-37-43(32(23)28)24-9-10-24)30(36)31(25)38-34(39-33)45-18-22-11-12-40(5)17-22/h6-8,13-14,20-22,24H,1,9-12,15-18H2,2-5H3/t20-,21+,22+/m1/s1. The Morgan fingerprint density at radius 3 is 2.64 bits per heavy atom. The number of carbonyl (C=O) groups excluding carboxylic acids is 1. The van der Waals surface area contributed by atoms with E-state index < -0.39 is 5.82 Å². The fraction of sp³-hybridized carbons (Fsp3) is 0.471. The maximum absolute atomic E-state index is 17.1. The smallest absolute Gasteiger partial charge is 0.319 e. The molecule has 236 valence electrons. The van der Waals surface area contributed by atoms with Crippen LogP contribution in [-0.2, 0) is 4.79 Å². The van der Waals surface area contributed by atoms with E-state index in [0.717, 1.165) is 54.4 Å². The number of hydrogen-bond acceptors (Lipinski definition) is 7. The highest BCUT2D eigenvalue weighted by Crippen LogP contribution is 2.45. The van der Waals surface area contributed by atoms with Gasteiger partial charge in [-0.1, -0.05) is 30.3 Å². The molecule has 11 heteroatoms. The molecule has 1 aliphatic carbocycles. The van der Waals surface area contributed by atoms with E-state index in [1.807, 2.05) is 48.7 Å². The fourth-order valence-electron chi connectivity index (χ4n) is 7.03. The summed E-state index contributed by atoms with van der Waals surface area (Å²) >= 11 is 7.05. The number of aromatic nitrogens is 4. The van der Waals surface area contributed by atoms with Crippen LogP contribution < -0.4 is 9.64 Å². The third-order valence-corrected chi connectivity index (χ3v) is 9.90. The van der Waals surface area contributed by atoms with Crippen LogP contribution >= 0.6 is 11.6 Å². The zero-order valence-corrected chi connectivity index (χ0v) is 27.0. The number of likely N-dealkylation sites (tertiary alicyclic amines) is 1. The van der Waals surface area contributed by atoms with Crippen molar-refractivity contribution in [3.63, 3.8) is 0 Å². The average Bonchev–Trinajstić information content (AvgIpc) is 3.64. The Hall–Kier alpha value is -3.76. The molecule has 2 aliphatic heterocycles. The van der Waals surface area contributed by atoms with Crippen LogP contribution in [0.2, 0.25) is 5.02 Å². The van der Waals surface area contributed by atoms with Crippen molar-refractivity contribution in [2.24, 2.45) is 5.92 Å². The van der Waals surface area contributed by atoms with Crippen molar-refractivity contribution in [1.82, 2.24) is 29.5 Å². The highest BCUT2D eigenvalue weighted by Gasteiger charge is 2.35. The fourth-order valence-corrected chi connectivity index (χ4v) is 7.31. The predicted octanol–water partition coefficient (Wildman–Crippen LogP) is 6.02. The van der Waals surface area contributed by atoms with Gasteiger partial charge in [0.05, 0.1) is 29.4 Å². The van der Waals surface area contributed by atoms with Crippen molar-refractivity contribution >= 4 is 45.1 Å². The lowest BCUT2D eigenvalue weighted by Crippen LogP contribution is -2.58. The highest BCUT2D eigenvalue weighted by molar-refractivity contribution is 6.35. The van der Waals surface area contributed by atoms with Crippen LogP contribution in [0.3, 0.4) is 0 Å². The molecule has 2 aromatic heterocycles. The first kappa shape index (κ1) is 29.9. The largest absolute Gasteiger partial charge is 0.463 e. The number of aryl methyl sites for hydroxylation is 1. The Labute approximate surface area is 267 Å². The summed E-state index contributed by atoms with van der Waals surface area (Å²) in [7, 11) is 2.10. The molecule has 2 saturated heterocycles. The molecule has 0 bridgehead atoms. The number of fused-ring (bicyclic) bond motifs is 2. The van der Waals surface area contributed by atoms with Crippen LogP contribution in [0.5, 0.6) is 6.01 Å². The number of carbonyl (C=O) groups is 1. The van der Waals surface area contributed by atoms with Gasteiger partial charge in [0.25, 0.3) is 0 Å². The van der Waals surface area contributed by atoms with Gasteiger partial charge in [0.15, 0.2) is 5.82 Å². The SMILES string of the molecule is C=CC(=O)N1C[C@H](C)N(c2nc(OC[C@H]3CCN(C)C3)nc3c(F)c(-c4c(C)ccc5cnn(C6CC6)c45)c(Cl)cc23)C[C@H]1C.